The van der Waals surface area contributed by atoms with E-state index in [0.717, 1.165) is 76.2 Å². The van der Waals surface area contributed by atoms with Crippen LogP contribution >= 0.6 is 0 Å². The molecule has 0 amide bonds. The van der Waals surface area contributed by atoms with E-state index < -0.39 is 0 Å². The SMILES string of the molecule is CCNC(=NCCCOC)NCCN1CCc2cc(OC)c(OC)cc2C1. The van der Waals surface area contributed by atoms with E-state index in [1.807, 2.05) is 0 Å². The summed E-state index contributed by atoms with van der Waals surface area (Å²) in [5.74, 6) is 2.48. The zero-order valence-electron chi connectivity index (χ0n) is 17.1. The van der Waals surface area contributed by atoms with Crippen LogP contribution < -0.4 is 20.1 Å². The Bertz CT molecular complexity index is 607. The number of nitrogens with one attached hydrogen (secondary N) is 2. The maximum absolute atomic E-state index is 5.44. The van der Waals surface area contributed by atoms with E-state index in [2.05, 4.69) is 39.6 Å². The molecule has 152 valence electrons. The Kier molecular flexibility index (Phi) is 9.21. The number of benzene rings is 1. The highest BCUT2D eigenvalue weighted by molar-refractivity contribution is 5.79. The van der Waals surface area contributed by atoms with Crippen molar-refractivity contribution in [2.45, 2.75) is 26.3 Å². The molecule has 0 saturated carbocycles. The Morgan fingerprint density at radius 2 is 1.85 bits per heavy atom. The minimum Gasteiger partial charge on any atom is -0.493 e. The van der Waals surface area contributed by atoms with Gasteiger partial charge in [-0.15, -0.1) is 0 Å². The van der Waals surface area contributed by atoms with Crippen LogP contribution in [0.3, 0.4) is 0 Å². The second-order valence-corrected chi connectivity index (χ2v) is 6.54. The van der Waals surface area contributed by atoms with Crippen LogP contribution in [0.5, 0.6) is 11.5 Å². The summed E-state index contributed by atoms with van der Waals surface area (Å²) >= 11 is 0. The van der Waals surface area contributed by atoms with Crippen LogP contribution in [-0.2, 0) is 17.7 Å². The fourth-order valence-corrected chi connectivity index (χ4v) is 3.21. The third-order valence-corrected chi connectivity index (χ3v) is 4.64. The molecule has 2 rings (SSSR count). The Morgan fingerprint density at radius 1 is 1.11 bits per heavy atom. The second-order valence-electron chi connectivity index (χ2n) is 6.54. The highest BCUT2D eigenvalue weighted by Crippen LogP contribution is 2.33. The van der Waals surface area contributed by atoms with Gasteiger partial charge in [0.2, 0.25) is 0 Å². The molecule has 0 spiro atoms. The number of fused-ring (bicyclic) bond motifs is 1. The van der Waals surface area contributed by atoms with Crippen LogP contribution in [0.4, 0.5) is 0 Å². The number of nitrogens with zero attached hydrogens (tertiary/aromatic N) is 2. The van der Waals surface area contributed by atoms with Crippen LogP contribution in [0.15, 0.2) is 17.1 Å². The molecule has 7 nitrogen and oxygen atoms in total. The number of guanidine groups is 1. The summed E-state index contributed by atoms with van der Waals surface area (Å²) < 4.78 is 15.9. The van der Waals surface area contributed by atoms with Crippen LogP contribution in [-0.4, -0.2) is 71.5 Å². The third-order valence-electron chi connectivity index (χ3n) is 4.64. The largest absolute Gasteiger partial charge is 0.493 e. The van der Waals surface area contributed by atoms with Crippen LogP contribution in [0.25, 0.3) is 0 Å². The predicted octanol–water partition coefficient (Wildman–Crippen LogP) is 1.65. The van der Waals surface area contributed by atoms with Gasteiger partial charge in [-0.25, -0.2) is 0 Å². The first-order valence-electron chi connectivity index (χ1n) is 9.69. The lowest BCUT2D eigenvalue weighted by atomic mass is 9.99. The molecular formula is C20H34N4O3. The van der Waals surface area contributed by atoms with Gasteiger partial charge in [0, 0.05) is 53.0 Å². The number of hydrogen-bond acceptors (Lipinski definition) is 5. The molecule has 0 fully saturated rings. The molecule has 0 aliphatic carbocycles. The molecule has 1 aromatic carbocycles. The first kappa shape index (κ1) is 21.3. The number of ether oxygens (including phenoxy) is 3. The summed E-state index contributed by atoms with van der Waals surface area (Å²) in [5.41, 5.74) is 2.67. The van der Waals surface area contributed by atoms with Crippen LogP contribution in [0, 0.1) is 0 Å². The highest BCUT2D eigenvalue weighted by Gasteiger charge is 2.19. The second kappa shape index (κ2) is 11.7. The molecule has 1 aliphatic heterocycles. The maximum Gasteiger partial charge on any atom is 0.191 e. The average Bonchev–Trinajstić information content (AvgIpc) is 2.69. The number of methoxy groups -OCH3 is 3. The van der Waals surface area contributed by atoms with Crippen molar-refractivity contribution in [3.63, 3.8) is 0 Å². The molecule has 27 heavy (non-hydrogen) atoms. The first-order valence-corrected chi connectivity index (χ1v) is 9.69. The summed E-state index contributed by atoms with van der Waals surface area (Å²) in [7, 11) is 5.09. The Morgan fingerprint density at radius 3 is 2.52 bits per heavy atom. The summed E-state index contributed by atoms with van der Waals surface area (Å²) in [6.07, 6.45) is 1.96. The van der Waals surface area contributed by atoms with Crippen LogP contribution in [0.2, 0.25) is 0 Å². The van der Waals surface area contributed by atoms with Crippen molar-refractivity contribution in [3.05, 3.63) is 23.3 Å². The molecule has 0 unspecified atom stereocenters. The van der Waals surface area contributed by atoms with Crippen molar-refractivity contribution in [2.75, 3.05) is 60.7 Å². The minimum absolute atomic E-state index is 0.740. The van der Waals surface area contributed by atoms with Gasteiger partial charge in [-0.3, -0.25) is 9.89 Å². The van der Waals surface area contributed by atoms with Gasteiger partial charge < -0.3 is 24.8 Å². The van der Waals surface area contributed by atoms with Gasteiger partial charge in [-0.05, 0) is 43.0 Å². The van der Waals surface area contributed by atoms with Crippen molar-refractivity contribution in [3.8, 4) is 11.5 Å². The minimum atomic E-state index is 0.740. The Balaban J connectivity index is 1.85. The van der Waals surface area contributed by atoms with Crippen LogP contribution in [0.1, 0.15) is 24.5 Å². The normalized spacial score (nSPS) is 14.6. The molecule has 0 saturated heterocycles. The lowest BCUT2D eigenvalue weighted by Crippen LogP contribution is -2.42. The van der Waals surface area contributed by atoms with Gasteiger partial charge in [-0.2, -0.15) is 0 Å². The van der Waals surface area contributed by atoms with E-state index >= 15 is 0 Å². The van der Waals surface area contributed by atoms with Gasteiger partial charge in [0.1, 0.15) is 0 Å². The van der Waals surface area contributed by atoms with E-state index in [1.165, 1.54) is 11.1 Å². The molecule has 0 aromatic heterocycles. The smallest absolute Gasteiger partial charge is 0.191 e. The van der Waals surface area contributed by atoms with Gasteiger partial charge in [0.05, 0.1) is 14.2 Å². The molecule has 0 atom stereocenters. The molecule has 0 radical (unpaired) electrons. The zero-order chi connectivity index (χ0) is 19.5. The molecule has 1 aliphatic rings. The van der Waals surface area contributed by atoms with E-state index in [-0.39, 0.29) is 0 Å². The predicted molar refractivity (Wildman–Crippen MR) is 109 cm³/mol. The molecule has 2 N–H and O–H groups in total. The average molecular weight is 379 g/mol. The standard InChI is InChI=1S/C20H34N4O3/c1-5-21-20(22-8-6-12-25-2)23-9-11-24-10-7-16-13-18(26-3)19(27-4)14-17(16)15-24/h13-14H,5-12,15H2,1-4H3,(H2,21,22,23). The first-order chi connectivity index (χ1) is 13.2. The molecule has 0 bridgehead atoms. The van der Waals surface area contributed by atoms with Crippen molar-refractivity contribution in [1.29, 1.82) is 0 Å². The van der Waals surface area contributed by atoms with E-state index in [4.69, 9.17) is 14.2 Å². The lowest BCUT2D eigenvalue weighted by Gasteiger charge is -2.29. The number of hydrogen-bond donors (Lipinski definition) is 2. The van der Waals surface area contributed by atoms with Gasteiger partial charge in [0.25, 0.3) is 0 Å². The fourth-order valence-electron chi connectivity index (χ4n) is 3.21. The molecule has 1 heterocycles. The molecule has 7 heteroatoms. The Hall–Kier alpha value is -1.99. The van der Waals surface area contributed by atoms with E-state index in [1.54, 1.807) is 21.3 Å². The van der Waals surface area contributed by atoms with E-state index in [0.29, 0.717) is 0 Å². The highest BCUT2D eigenvalue weighted by atomic mass is 16.5. The molecular weight excluding hydrogens is 344 g/mol. The Labute approximate surface area is 163 Å². The van der Waals surface area contributed by atoms with E-state index in [9.17, 15) is 0 Å². The monoisotopic (exact) mass is 378 g/mol. The van der Waals surface area contributed by atoms with Gasteiger partial charge in [-0.1, -0.05) is 0 Å². The number of aliphatic imine (C=N–C) groups is 1. The quantitative estimate of drug-likeness (QED) is 0.367. The van der Waals surface area contributed by atoms with Gasteiger partial charge >= 0.3 is 0 Å². The topological polar surface area (TPSA) is 67.4 Å². The van der Waals surface area contributed by atoms with Crippen molar-refractivity contribution >= 4 is 5.96 Å². The summed E-state index contributed by atoms with van der Waals surface area (Å²) in [6.45, 7) is 8.25. The molecule has 1 aromatic rings. The lowest BCUT2D eigenvalue weighted by molar-refractivity contribution is 0.197. The van der Waals surface area contributed by atoms with Gasteiger partial charge in [0.15, 0.2) is 17.5 Å². The fraction of sp³-hybridized carbons (Fsp3) is 0.650. The summed E-state index contributed by atoms with van der Waals surface area (Å²) in [5, 5.41) is 6.71. The zero-order valence-corrected chi connectivity index (χ0v) is 17.1. The third kappa shape index (κ3) is 6.59. The van der Waals surface area contributed by atoms with Crippen molar-refractivity contribution < 1.29 is 14.2 Å². The maximum atomic E-state index is 5.44. The summed E-state index contributed by atoms with van der Waals surface area (Å²) in [6, 6.07) is 4.22. The number of rotatable bonds is 10. The summed E-state index contributed by atoms with van der Waals surface area (Å²) in [4.78, 5) is 7.03. The van der Waals surface area contributed by atoms with Crippen molar-refractivity contribution in [2.24, 2.45) is 4.99 Å². The van der Waals surface area contributed by atoms with Crippen molar-refractivity contribution in [1.82, 2.24) is 15.5 Å².